The first kappa shape index (κ1) is 19.4. The van der Waals surface area contributed by atoms with Crippen LogP contribution in [0.1, 0.15) is 46.7 Å². The minimum absolute atomic E-state index is 0. The molecule has 140 valence electrons. The largest absolute Gasteiger partial charge is 0.349 e. The number of hydrogen-bond donors (Lipinski definition) is 0. The maximum atomic E-state index is 4.99. The van der Waals surface area contributed by atoms with Gasteiger partial charge in [0, 0.05) is 24.2 Å². The molecule has 4 heteroatoms. The molecule has 0 N–H and O–H groups in total. The molecule has 0 radical (unpaired) electrons. The number of halogens is 1. The molecule has 1 aliphatic rings. The van der Waals surface area contributed by atoms with Crippen LogP contribution in [0.2, 0.25) is 0 Å². The predicted molar refractivity (Wildman–Crippen MR) is 114 cm³/mol. The maximum Gasteiger partial charge on any atom is 0.136 e. The summed E-state index contributed by atoms with van der Waals surface area (Å²) in [6.07, 6.45) is 1.84. The van der Waals surface area contributed by atoms with Gasteiger partial charge in [0.25, 0.3) is 0 Å². The fourth-order valence-corrected chi connectivity index (χ4v) is 3.87. The Morgan fingerprint density at radius 3 is 2.44 bits per heavy atom. The van der Waals surface area contributed by atoms with E-state index in [9.17, 15) is 0 Å². The van der Waals surface area contributed by atoms with E-state index < -0.39 is 0 Å². The normalized spacial score (nSPS) is 15.8. The van der Waals surface area contributed by atoms with Crippen LogP contribution in [-0.4, -0.2) is 16.5 Å². The number of benzene rings is 2. The SMILES string of the molecule is Cc1nc(Cc2ccccc2)nc(N2CCc3ccccc3C2C)c1C.Cl. The lowest BCUT2D eigenvalue weighted by molar-refractivity contribution is 0.612. The first-order chi connectivity index (χ1) is 12.6. The Hall–Kier alpha value is -2.39. The first-order valence-electron chi connectivity index (χ1n) is 9.36. The molecular weight excluding hydrogens is 354 g/mol. The Bertz CT molecular complexity index is 924. The smallest absolute Gasteiger partial charge is 0.136 e. The highest BCUT2D eigenvalue weighted by molar-refractivity contribution is 5.85. The van der Waals surface area contributed by atoms with Crippen molar-refractivity contribution in [3.8, 4) is 0 Å². The monoisotopic (exact) mass is 379 g/mol. The average molecular weight is 380 g/mol. The Labute approximate surface area is 167 Å². The van der Waals surface area contributed by atoms with Crippen LogP contribution in [0.15, 0.2) is 54.6 Å². The topological polar surface area (TPSA) is 29.0 Å². The maximum absolute atomic E-state index is 4.99. The lowest BCUT2D eigenvalue weighted by atomic mass is 9.93. The van der Waals surface area contributed by atoms with E-state index in [1.54, 1.807) is 0 Å². The van der Waals surface area contributed by atoms with Gasteiger partial charge in [0.05, 0.1) is 6.04 Å². The molecule has 1 aromatic heterocycles. The van der Waals surface area contributed by atoms with Gasteiger partial charge in [-0.05, 0) is 43.9 Å². The summed E-state index contributed by atoms with van der Waals surface area (Å²) >= 11 is 0. The highest BCUT2D eigenvalue weighted by Gasteiger charge is 2.26. The average Bonchev–Trinajstić information content (AvgIpc) is 2.66. The second kappa shape index (κ2) is 8.10. The molecule has 27 heavy (non-hydrogen) atoms. The van der Waals surface area contributed by atoms with Crippen molar-refractivity contribution in [3.05, 3.63) is 88.4 Å². The third-order valence-electron chi connectivity index (χ3n) is 5.48. The molecule has 1 unspecified atom stereocenters. The molecule has 2 heterocycles. The molecule has 0 bridgehead atoms. The lowest BCUT2D eigenvalue weighted by Gasteiger charge is -2.37. The fraction of sp³-hybridized carbons (Fsp3) is 0.304. The Balaban J connectivity index is 0.00000210. The molecule has 0 amide bonds. The predicted octanol–water partition coefficient (Wildman–Crippen LogP) is 5.23. The van der Waals surface area contributed by atoms with Crippen molar-refractivity contribution in [1.29, 1.82) is 0 Å². The Kier molecular flexibility index (Phi) is 5.81. The zero-order valence-electron chi connectivity index (χ0n) is 16.1. The van der Waals surface area contributed by atoms with Crippen LogP contribution in [0.5, 0.6) is 0 Å². The fourth-order valence-electron chi connectivity index (χ4n) is 3.87. The first-order valence-corrected chi connectivity index (χ1v) is 9.36. The van der Waals surface area contributed by atoms with E-state index in [2.05, 4.69) is 74.2 Å². The van der Waals surface area contributed by atoms with Gasteiger partial charge in [-0.3, -0.25) is 0 Å². The summed E-state index contributed by atoms with van der Waals surface area (Å²) in [4.78, 5) is 12.2. The molecule has 1 aliphatic heterocycles. The van der Waals surface area contributed by atoms with Gasteiger partial charge in [-0.15, -0.1) is 12.4 Å². The zero-order valence-corrected chi connectivity index (χ0v) is 17.0. The Morgan fingerprint density at radius 1 is 0.963 bits per heavy atom. The lowest BCUT2D eigenvalue weighted by Crippen LogP contribution is -2.35. The summed E-state index contributed by atoms with van der Waals surface area (Å²) in [7, 11) is 0. The molecule has 3 nitrogen and oxygen atoms in total. The van der Waals surface area contributed by atoms with E-state index in [4.69, 9.17) is 9.97 Å². The summed E-state index contributed by atoms with van der Waals surface area (Å²) in [5, 5.41) is 0. The van der Waals surface area contributed by atoms with Gasteiger partial charge in [-0.25, -0.2) is 9.97 Å². The van der Waals surface area contributed by atoms with Gasteiger partial charge >= 0.3 is 0 Å². The summed E-state index contributed by atoms with van der Waals surface area (Å²) < 4.78 is 0. The third kappa shape index (κ3) is 3.84. The van der Waals surface area contributed by atoms with Gasteiger partial charge in [0.15, 0.2) is 0 Å². The van der Waals surface area contributed by atoms with Gasteiger partial charge in [0.2, 0.25) is 0 Å². The summed E-state index contributed by atoms with van der Waals surface area (Å²) in [5.41, 5.74) is 6.39. The summed E-state index contributed by atoms with van der Waals surface area (Å²) in [6, 6.07) is 19.6. The van der Waals surface area contributed by atoms with Crippen LogP contribution in [0, 0.1) is 13.8 Å². The molecule has 1 atom stereocenters. The van der Waals surface area contributed by atoms with Gasteiger partial charge in [0.1, 0.15) is 11.6 Å². The van der Waals surface area contributed by atoms with Crippen LogP contribution < -0.4 is 4.90 Å². The van der Waals surface area contributed by atoms with E-state index in [0.717, 1.165) is 36.7 Å². The van der Waals surface area contributed by atoms with Crippen LogP contribution >= 0.6 is 12.4 Å². The van der Waals surface area contributed by atoms with Crippen LogP contribution in [0.3, 0.4) is 0 Å². The second-order valence-corrected chi connectivity index (χ2v) is 7.15. The zero-order chi connectivity index (χ0) is 18.1. The van der Waals surface area contributed by atoms with Crippen molar-refractivity contribution >= 4 is 18.2 Å². The summed E-state index contributed by atoms with van der Waals surface area (Å²) in [6.45, 7) is 7.52. The van der Waals surface area contributed by atoms with Crippen molar-refractivity contribution in [3.63, 3.8) is 0 Å². The van der Waals surface area contributed by atoms with Crippen molar-refractivity contribution < 1.29 is 0 Å². The van der Waals surface area contributed by atoms with Crippen LogP contribution in [-0.2, 0) is 12.8 Å². The second-order valence-electron chi connectivity index (χ2n) is 7.15. The number of nitrogens with zero attached hydrogens (tertiary/aromatic N) is 3. The van der Waals surface area contributed by atoms with E-state index >= 15 is 0 Å². The number of rotatable bonds is 3. The molecule has 2 aromatic carbocycles. The molecule has 0 saturated carbocycles. The highest BCUT2D eigenvalue weighted by Crippen LogP contribution is 2.34. The minimum atomic E-state index is 0. The van der Waals surface area contributed by atoms with Gasteiger partial charge in [-0.1, -0.05) is 54.6 Å². The molecule has 0 fully saturated rings. The van der Waals surface area contributed by atoms with Crippen molar-refractivity contribution in [2.75, 3.05) is 11.4 Å². The molecule has 0 saturated heterocycles. The van der Waals surface area contributed by atoms with Crippen LogP contribution in [0.4, 0.5) is 5.82 Å². The number of fused-ring (bicyclic) bond motifs is 1. The van der Waals surface area contributed by atoms with Crippen LogP contribution in [0.25, 0.3) is 0 Å². The Morgan fingerprint density at radius 2 is 1.67 bits per heavy atom. The number of hydrogen-bond acceptors (Lipinski definition) is 3. The van der Waals surface area contributed by atoms with Gasteiger partial charge in [-0.2, -0.15) is 0 Å². The van der Waals surface area contributed by atoms with Crippen molar-refractivity contribution in [2.24, 2.45) is 0 Å². The molecule has 0 spiro atoms. The summed E-state index contributed by atoms with van der Waals surface area (Å²) in [5.74, 6) is 1.99. The van der Waals surface area contributed by atoms with Crippen molar-refractivity contribution in [1.82, 2.24) is 9.97 Å². The van der Waals surface area contributed by atoms with E-state index in [1.165, 1.54) is 22.3 Å². The third-order valence-corrected chi connectivity index (χ3v) is 5.48. The highest BCUT2D eigenvalue weighted by atomic mass is 35.5. The van der Waals surface area contributed by atoms with Gasteiger partial charge < -0.3 is 4.90 Å². The molecular formula is C23H26ClN3. The minimum Gasteiger partial charge on any atom is -0.349 e. The van der Waals surface area contributed by atoms with E-state index in [1.807, 2.05) is 6.07 Å². The number of aryl methyl sites for hydroxylation is 1. The molecule has 0 aliphatic carbocycles. The number of aromatic nitrogens is 2. The molecule has 3 aromatic rings. The molecule has 4 rings (SSSR count). The van der Waals surface area contributed by atoms with E-state index in [-0.39, 0.29) is 12.4 Å². The van der Waals surface area contributed by atoms with E-state index in [0.29, 0.717) is 6.04 Å². The standard InChI is InChI=1S/C23H25N3.ClH/c1-16-17(2)24-22(15-19-9-5-4-6-10-19)25-23(16)26-14-13-20-11-7-8-12-21(20)18(26)3;/h4-12,18H,13-15H2,1-3H3;1H. The quantitative estimate of drug-likeness (QED) is 0.623. The van der Waals surface area contributed by atoms with Crippen molar-refractivity contribution in [2.45, 2.75) is 39.7 Å². The number of anilines is 1.